The lowest BCUT2D eigenvalue weighted by atomic mass is 10.0. The van der Waals surface area contributed by atoms with Crippen molar-refractivity contribution < 1.29 is 14.6 Å². The monoisotopic (exact) mass is 168 g/mol. The van der Waals surface area contributed by atoms with Gasteiger partial charge in [-0.15, -0.1) is 0 Å². The second-order valence-electron chi connectivity index (χ2n) is 3.54. The summed E-state index contributed by atoms with van der Waals surface area (Å²) in [5, 5.41) is 8.63. The molecule has 3 heteroatoms. The van der Waals surface area contributed by atoms with Gasteiger partial charge in [-0.2, -0.15) is 0 Å². The third-order valence-electron chi connectivity index (χ3n) is 2.63. The van der Waals surface area contributed by atoms with Gasteiger partial charge < -0.3 is 9.84 Å². The van der Waals surface area contributed by atoms with Gasteiger partial charge in [-0.1, -0.05) is 6.08 Å². The Bertz CT molecular complexity index is 244. The van der Waals surface area contributed by atoms with Crippen LogP contribution in [0.25, 0.3) is 0 Å². The largest absolute Gasteiger partial charge is 0.478 e. The van der Waals surface area contributed by atoms with Gasteiger partial charge in [0.15, 0.2) is 0 Å². The molecule has 1 N–H and O–H groups in total. The van der Waals surface area contributed by atoms with Crippen LogP contribution >= 0.6 is 0 Å². The van der Waals surface area contributed by atoms with E-state index in [1.165, 1.54) is 0 Å². The average Bonchev–Trinajstić information content (AvgIpc) is 2.70. The molecule has 0 aromatic rings. The van der Waals surface area contributed by atoms with Crippen molar-refractivity contribution in [1.82, 2.24) is 0 Å². The Labute approximate surface area is 71.0 Å². The number of carboxylic acids is 1. The molecule has 1 aliphatic heterocycles. The second kappa shape index (κ2) is 2.59. The maximum atomic E-state index is 10.5. The van der Waals surface area contributed by atoms with Crippen molar-refractivity contribution in [1.29, 1.82) is 0 Å². The molecule has 3 atom stereocenters. The number of ether oxygens (including phenoxy) is 1. The van der Waals surface area contributed by atoms with Crippen LogP contribution in [0.15, 0.2) is 11.6 Å². The van der Waals surface area contributed by atoms with E-state index in [-0.39, 0.29) is 0 Å². The smallest absolute Gasteiger partial charge is 0.330 e. The lowest BCUT2D eigenvalue weighted by Gasteiger charge is -2.04. The Balaban J connectivity index is 2.01. The van der Waals surface area contributed by atoms with Crippen LogP contribution < -0.4 is 0 Å². The van der Waals surface area contributed by atoms with Crippen molar-refractivity contribution in [3.05, 3.63) is 11.6 Å². The molecule has 66 valence electrons. The van der Waals surface area contributed by atoms with Crippen molar-refractivity contribution in [2.45, 2.75) is 32.0 Å². The second-order valence-corrected chi connectivity index (χ2v) is 3.54. The summed E-state index contributed by atoms with van der Waals surface area (Å²) in [5.41, 5.74) is 0.441. The number of hydrogen-bond donors (Lipinski definition) is 1. The molecule has 0 spiro atoms. The summed E-state index contributed by atoms with van der Waals surface area (Å²) in [6, 6.07) is 0. The van der Waals surface area contributed by atoms with E-state index in [2.05, 4.69) is 0 Å². The summed E-state index contributed by atoms with van der Waals surface area (Å²) in [7, 11) is 0. The van der Waals surface area contributed by atoms with Crippen LogP contribution in [0.2, 0.25) is 0 Å². The topological polar surface area (TPSA) is 49.8 Å². The van der Waals surface area contributed by atoms with E-state index >= 15 is 0 Å². The molecule has 3 unspecified atom stereocenters. The zero-order chi connectivity index (χ0) is 8.72. The fourth-order valence-electron chi connectivity index (χ4n) is 1.86. The van der Waals surface area contributed by atoms with Crippen LogP contribution in [0, 0.1) is 5.92 Å². The molecule has 2 rings (SSSR count). The number of rotatable bonds is 2. The SMILES string of the molecule is CC(=CC1CCC2OC12)C(=O)O. The molecule has 0 radical (unpaired) electrons. The predicted octanol–water partition coefficient (Wildman–Crippen LogP) is 1.19. The van der Waals surface area contributed by atoms with Crippen LogP contribution in [0.4, 0.5) is 0 Å². The molecule has 1 aliphatic carbocycles. The Morgan fingerprint density at radius 2 is 2.33 bits per heavy atom. The van der Waals surface area contributed by atoms with Crippen molar-refractivity contribution in [2.75, 3.05) is 0 Å². The van der Waals surface area contributed by atoms with Crippen LogP contribution in [0.1, 0.15) is 19.8 Å². The highest BCUT2D eigenvalue weighted by Gasteiger charge is 2.49. The minimum absolute atomic E-state index is 0.333. The van der Waals surface area contributed by atoms with Gasteiger partial charge in [0.25, 0.3) is 0 Å². The van der Waals surface area contributed by atoms with Gasteiger partial charge in [-0.25, -0.2) is 4.79 Å². The molecule has 0 aromatic carbocycles. The summed E-state index contributed by atoms with van der Waals surface area (Å²) in [4.78, 5) is 10.5. The Kier molecular flexibility index (Phi) is 1.68. The lowest BCUT2D eigenvalue weighted by molar-refractivity contribution is -0.132. The molecule has 3 nitrogen and oxygen atoms in total. The first kappa shape index (κ1) is 7.80. The van der Waals surface area contributed by atoms with Crippen molar-refractivity contribution in [3.63, 3.8) is 0 Å². The predicted molar refractivity (Wildman–Crippen MR) is 42.8 cm³/mol. The highest BCUT2D eigenvalue weighted by molar-refractivity contribution is 5.85. The van der Waals surface area contributed by atoms with Crippen molar-refractivity contribution >= 4 is 5.97 Å². The number of aliphatic carboxylic acids is 1. The molecule has 2 fully saturated rings. The van der Waals surface area contributed by atoms with E-state index in [9.17, 15) is 4.79 Å². The quantitative estimate of drug-likeness (QED) is 0.497. The van der Waals surface area contributed by atoms with Crippen LogP contribution in [-0.2, 0) is 9.53 Å². The summed E-state index contributed by atoms with van der Waals surface area (Å²) < 4.78 is 5.31. The van der Waals surface area contributed by atoms with Gasteiger partial charge in [0.1, 0.15) is 0 Å². The molecule has 0 aromatic heterocycles. The van der Waals surface area contributed by atoms with Crippen molar-refractivity contribution in [3.8, 4) is 0 Å². The number of hydrogen-bond acceptors (Lipinski definition) is 2. The van der Waals surface area contributed by atoms with Crippen LogP contribution in [-0.4, -0.2) is 23.3 Å². The zero-order valence-corrected chi connectivity index (χ0v) is 6.99. The lowest BCUT2D eigenvalue weighted by Crippen LogP contribution is -2.04. The van der Waals surface area contributed by atoms with Gasteiger partial charge in [0.2, 0.25) is 0 Å². The summed E-state index contributed by atoms with van der Waals surface area (Å²) in [6.45, 7) is 1.64. The fraction of sp³-hybridized carbons (Fsp3) is 0.667. The maximum Gasteiger partial charge on any atom is 0.330 e. The number of carboxylic acid groups (broad SMARTS) is 1. The summed E-state index contributed by atoms with van der Waals surface area (Å²) in [6.07, 6.45) is 4.78. The van der Waals surface area contributed by atoms with E-state index in [1.807, 2.05) is 6.08 Å². The molecule has 1 heterocycles. The van der Waals surface area contributed by atoms with Gasteiger partial charge in [0, 0.05) is 11.5 Å². The molecule has 12 heavy (non-hydrogen) atoms. The van der Waals surface area contributed by atoms with E-state index in [0.717, 1.165) is 12.8 Å². The minimum Gasteiger partial charge on any atom is -0.478 e. The van der Waals surface area contributed by atoms with Gasteiger partial charge in [-0.05, 0) is 19.8 Å². The Morgan fingerprint density at radius 3 is 2.75 bits per heavy atom. The Hall–Kier alpha value is -0.830. The minimum atomic E-state index is -0.820. The van der Waals surface area contributed by atoms with E-state index in [0.29, 0.717) is 23.7 Å². The van der Waals surface area contributed by atoms with Gasteiger partial charge >= 0.3 is 5.97 Å². The molecular formula is C9H12O3. The third kappa shape index (κ3) is 1.25. The van der Waals surface area contributed by atoms with Crippen LogP contribution in [0.5, 0.6) is 0 Å². The first-order valence-electron chi connectivity index (χ1n) is 4.25. The third-order valence-corrected chi connectivity index (χ3v) is 2.63. The van der Waals surface area contributed by atoms with Crippen molar-refractivity contribution in [2.24, 2.45) is 5.92 Å². The first-order chi connectivity index (χ1) is 5.68. The number of fused-ring (bicyclic) bond motifs is 1. The van der Waals surface area contributed by atoms with Crippen LogP contribution in [0.3, 0.4) is 0 Å². The molecule has 2 aliphatic rings. The van der Waals surface area contributed by atoms with E-state index < -0.39 is 5.97 Å². The molecular weight excluding hydrogens is 156 g/mol. The Morgan fingerprint density at radius 1 is 1.58 bits per heavy atom. The fourth-order valence-corrected chi connectivity index (χ4v) is 1.86. The normalized spacial score (nSPS) is 39.4. The highest BCUT2D eigenvalue weighted by Crippen LogP contribution is 2.43. The zero-order valence-electron chi connectivity index (χ0n) is 6.99. The van der Waals surface area contributed by atoms with E-state index in [4.69, 9.17) is 9.84 Å². The molecule has 1 saturated carbocycles. The number of carbonyl (C=O) groups is 1. The van der Waals surface area contributed by atoms with Gasteiger partial charge in [-0.3, -0.25) is 0 Å². The number of epoxide rings is 1. The standard InChI is InChI=1S/C9H12O3/c1-5(9(10)11)4-6-2-3-7-8(6)12-7/h4,6-8H,2-3H2,1H3,(H,10,11). The highest BCUT2D eigenvalue weighted by atomic mass is 16.6. The molecule has 0 bridgehead atoms. The van der Waals surface area contributed by atoms with Gasteiger partial charge in [0.05, 0.1) is 12.2 Å². The summed E-state index contributed by atoms with van der Waals surface area (Å²) in [5.74, 6) is -0.467. The molecule has 0 amide bonds. The van der Waals surface area contributed by atoms with E-state index in [1.54, 1.807) is 6.92 Å². The summed E-state index contributed by atoms with van der Waals surface area (Å²) >= 11 is 0. The average molecular weight is 168 g/mol. The first-order valence-corrected chi connectivity index (χ1v) is 4.25. The maximum absolute atomic E-state index is 10.5. The molecule has 1 saturated heterocycles.